The fourth-order valence-electron chi connectivity index (χ4n) is 2.57. The highest BCUT2D eigenvalue weighted by atomic mass is 32.2. The summed E-state index contributed by atoms with van der Waals surface area (Å²) in [6.45, 7) is 2.20. The Bertz CT molecular complexity index is 672. The molecule has 2 nitrogen and oxygen atoms in total. The third kappa shape index (κ3) is 3.14. The molecule has 0 spiro atoms. The van der Waals surface area contributed by atoms with E-state index in [0.29, 0.717) is 5.25 Å². The van der Waals surface area contributed by atoms with Crippen molar-refractivity contribution in [3.8, 4) is 0 Å². The Labute approximate surface area is 129 Å². The molecule has 0 saturated carbocycles. The number of H-pyrrole nitrogens is 1. The van der Waals surface area contributed by atoms with Gasteiger partial charge in [-0.15, -0.1) is 11.8 Å². The number of para-hydroxylation sites is 1. The second-order valence-corrected chi connectivity index (χ2v) is 6.50. The number of benzene rings is 2. The summed E-state index contributed by atoms with van der Waals surface area (Å²) in [4.78, 5) is 3.47. The van der Waals surface area contributed by atoms with Crippen molar-refractivity contribution in [2.45, 2.75) is 29.7 Å². The first-order valence-electron chi connectivity index (χ1n) is 7.33. The first-order valence-corrected chi connectivity index (χ1v) is 8.21. The zero-order chi connectivity index (χ0) is 14.7. The third-order valence-electron chi connectivity index (χ3n) is 3.77. The van der Waals surface area contributed by atoms with Gasteiger partial charge in [-0.2, -0.15) is 0 Å². The van der Waals surface area contributed by atoms with Gasteiger partial charge in [0.25, 0.3) is 0 Å². The summed E-state index contributed by atoms with van der Waals surface area (Å²) >= 11 is 1.84. The molecule has 0 radical (unpaired) electrons. The molecule has 21 heavy (non-hydrogen) atoms. The van der Waals surface area contributed by atoms with Gasteiger partial charge in [0.1, 0.15) is 0 Å². The third-order valence-corrected chi connectivity index (χ3v) is 5.17. The highest BCUT2D eigenvalue weighted by molar-refractivity contribution is 7.99. The van der Waals surface area contributed by atoms with Crippen molar-refractivity contribution < 1.29 is 0 Å². The van der Waals surface area contributed by atoms with E-state index in [9.17, 15) is 0 Å². The molecule has 3 heteroatoms. The largest absolute Gasteiger partial charge is 0.350 e. The van der Waals surface area contributed by atoms with Gasteiger partial charge in [-0.25, -0.2) is 0 Å². The summed E-state index contributed by atoms with van der Waals surface area (Å²) in [5.41, 5.74) is 8.84. The van der Waals surface area contributed by atoms with Crippen molar-refractivity contribution in [1.29, 1.82) is 0 Å². The number of fused-ring (bicyclic) bond motifs is 1. The van der Waals surface area contributed by atoms with E-state index in [1.807, 2.05) is 17.8 Å². The lowest BCUT2D eigenvalue weighted by Crippen LogP contribution is -2.23. The fourth-order valence-corrected chi connectivity index (χ4v) is 3.73. The standard InChI is InChI=1S/C18H20N2S/c1-2-16(18(19)13-8-4-3-5-9-13)21-17-12-14-10-6-7-11-15(14)20-17/h3-12,16,18,20H,2,19H2,1H3. The molecule has 1 heterocycles. The molecule has 3 N–H and O–H groups in total. The highest BCUT2D eigenvalue weighted by Gasteiger charge is 2.19. The van der Waals surface area contributed by atoms with E-state index in [4.69, 9.17) is 5.73 Å². The van der Waals surface area contributed by atoms with Crippen LogP contribution in [0.4, 0.5) is 0 Å². The van der Waals surface area contributed by atoms with Crippen LogP contribution in [0.5, 0.6) is 0 Å². The zero-order valence-electron chi connectivity index (χ0n) is 12.1. The quantitative estimate of drug-likeness (QED) is 0.668. The summed E-state index contributed by atoms with van der Waals surface area (Å²) in [6, 6.07) is 21.0. The van der Waals surface area contributed by atoms with Crippen molar-refractivity contribution in [2.75, 3.05) is 0 Å². The van der Waals surface area contributed by atoms with Crippen LogP contribution in [0.3, 0.4) is 0 Å². The van der Waals surface area contributed by atoms with Crippen molar-refractivity contribution >= 4 is 22.7 Å². The summed E-state index contributed by atoms with van der Waals surface area (Å²) in [5.74, 6) is 0. The van der Waals surface area contributed by atoms with E-state index < -0.39 is 0 Å². The van der Waals surface area contributed by atoms with Gasteiger partial charge in [0, 0.05) is 22.2 Å². The van der Waals surface area contributed by atoms with Crippen LogP contribution >= 0.6 is 11.8 Å². The second-order valence-electron chi connectivity index (χ2n) is 5.22. The Balaban J connectivity index is 1.80. The van der Waals surface area contributed by atoms with E-state index in [0.717, 1.165) is 6.42 Å². The van der Waals surface area contributed by atoms with E-state index in [1.54, 1.807) is 0 Å². The minimum absolute atomic E-state index is 0.0487. The molecular formula is C18H20N2S. The molecule has 0 fully saturated rings. The number of rotatable bonds is 5. The monoisotopic (exact) mass is 296 g/mol. The molecule has 0 bridgehead atoms. The Morgan fingerprint density at radius 1 is 1.05 bits per heavy atom. The number of nitrogens with two attached hydrogens (primary N) is 1. The lowest BCUT2D eigenvalue weighted by molar-refractivity contribution is 0.656. The van der Waals surface area contributed by atoms with Crippen LogP contribution in [0.15, 0.2) is 65.7 Å². The van der Waals surface area contributed by atoms with E-state index in [1.165, 1.54) is 21.5 Å². The van der Waals surface area contributed by atoms with Gasteiger partial charge in [0.05, 0.1) is 5.03 Å². The lowest BCUT2D eigenvalue weighted by Gasteiger charge is -2.22. The van der Waals surface area contributed by atoms with Gasteiger partial charge in [-0.3, -0.25) is 0 Å². The number of hydrogen-bond acceptors (Lipinski definition) is 2. The highest BCUT2D eigenvalue weighted by Crippen LogP contribution is 2.34. The Morgan fingerprint density at radius 2 is 1.76 bits per heavy atom. The van der Waals surface area contributed by atoms with Gasteiger partial charge in [0.15, 0.2) is 0 Å². The Morgan fingerprint density at radius 3 is 2.48 bits per heavy atom. The number of hydrogen-bond donors (Lipinski definition) is 2. The Kier molecular flexibility index (Phi) is 4.32. The predicted octanol–water partition coefficient (Wildman–Crippen LogP) is 4.74. The molecule has 0 aliphatic carbocycles. The maximum Gasteiger partial charge on any atom is 0.0735 e. The van der Waals surface area contributed by atoms with Crippen LogP contribution < -0.4 is 5.73 Å². The molecular weight excluding hydrogens is 276 g/mol. The summed E-state index contributed by atoms with van der Waals surface area (Å²) in [5, 5.41) is 2.80. The van der Waals surface area contributed by atoms with Gasteiger partial charge < -0.3 is 10.7 Å². The molecule has 3 rings (SSSR count). The van der Waals surface area contributed by atoms with Crippen molar-refractivity contribution in [3.05, 3.63) is 66.2 Å². The molecule has 0 aliphatic rings. The molecule has 0 saturated heterocycles. The molecule has 3 aromatic rings. The van der Waals surface area contributed by atoms with Gasteiger partial charge in [-0.1, -0.05) is 55.5 Å². The first-order chi connectivity index (χ1) is 10.3. The summed E-state index contributed by atoms with van der Waals surface area (Å²) < 4.78 is 0. The fraction of sp³-hybridized carbons (Fsp3) is 0.222. The minimum Gasteiger partial charge on any atom is -0.350 e. The topological polar surface area (TPSA) is 41.8 Å². The van der Waals surface area contributed by atoms with E-state index >= 15 is 0 Å². The minimum atomic E-state index is 0.0487. The maximum atomic E-state index is 6.46. The van der Waals surface area contributed by atoms with Crippen molar-refractivity contribution in [3.63, 3.8) is 0 Å². The van der Waals surface area contributed by atoms with Crippen LogP contribution in [-0.2, 0) is 0 Å². The lowest BCUT2D eigenvalue weighted by atomic mass is 10.0. The van der Waals surface area contributed by atoms with Gasteiger partial charge >= 0.3 is 0 Å². The molecule has 1 aromatic heterocycles. The van der Waals surface area contributed by atoms with Gasteiger partial charge in [-0.05, 0) is 24.1 Å². The molecule has 2 unspecified atom stereocenters. The number of thioether (sulfide) groups is 1. The first kappa shape index (κ1) is 14.2. The second kappa shape index (κ2) is 6.37. The van der Waals surface area contributed by atoms with E-state index in [-0.39, 0.29) is 6.04 Å². The van der Waals surface area contributed by atoms with Crippen LogP contribution in [0, 0.1) is 0 Å². The van der Waals surface area contributed by atoms with Crippen LogP contribution in [0.1, 0.15) is 24.9 Å². The molecule has 0 aliphatic heterocycles. The summed E-state index contributed by atoms with van der Waals surface area (Å²) in [7, 11) is 0. The molecule has 2 aromatic carbocycles. The van der Waals surface area contributed by atoms with Crippen LogP contribution in [-0.4, -0.2) is 10.2 Å². The molecule has 2 atom stereocenters. The number of nitrogens with one attached hydrogen (secondary N) is 1. The predicted molar refractivity (Wildman–Crippen MR) is 91.6 cm³/mol. The van der Waals surface area contributed by atoms with Crippen LogP contribution in [0.25, 0.3) is 10.9 Å². The SMILES string of the molecule is CCC(Sc1cc2ccccc2[nH]1)C(N)c1ccccc1. The van der Waals surface area contributed by atoms with Crippen molar-refractivity contribution in [2.24, 2.45) is 5.73 Å². The molecule has 0 amide bonds. The average molecular weight is 296 g/mol. The smallest absolute Gasteiger partial charge is 0.0735 e. The average Bonchev–Trinajstić information content (AvgIpc) is 2.95. The maximum absolute atomic E-state index is 6.46. The molecule has 108 valence electrons. The summed E-state index contributed by atoms with van der Waals surface area (Å²) in [6.07, 6.45) is 1.04. The Hall–Kier alpha value is -1.71. The van der Waals surface area contributed by atoms with Crippen molar-refractivity contribution in [1.82, 2.24) is 4.98 Å². The zero-order valence-corrected chi connectivity index (χ0v) is 12.9. The van der Waals surface area contributed by atoms with Gasteiger partial charge in [0.2, 0.25) is 0 Å². The van der Waals surface area contributed by atoms with E-state index in [2.05, 4.69) is 66.5 Å². The number of aromatic nitrogens is 1. The number of aromatic amines is 1. The van der Waals surface area contributed by atoms with Crippen LogP contribution in [0.2, 0.25) is 0 Å². The normalized spacial score (nSPS) is 14.2.